The number of carbonyl (C=O) groups is 2. The number of rotatable bonds is 9. The number of aryl methyl sites for hydroxylation is 1. The zero-order chi connectivity index (χ0) is 19.6. The van der Waals surface area contributed by atoms with E-state index in [1.165, 1.54) is 0 Å². The molecule has 1 atom stereocenters. The topological polar surface area (TPSA) is 61.4 Å². The van der Waals surface area contributed by atoms with Crippen molar-refractivity contribution >= 4 is 17.5 Å². The minimum atomic E-state index is -0.110. The summed E-state index contributed by atoms with van der Waals surface area (Å²) < 4.78 is 0. The Morgan fingerprint density at radius 3 is 2.26 bits per heavy atom. The van der Waals surface area contributed by atoms with Crippen LogP contribution in [-0.2, 0) is 9.59 Å². The maximum Gasteiger partial charge on any atom is 0.238 e. The molecule has 0 aliphatic rings. The van der Waals surface area contributed by atoms with Gasteiger partial charge in [0.15, 0.2) is 0 Å². The maximum atomic E-state index is 12.4. The normalized spacial score (nSPS) is 11.9. The molecule has 2 aromatic carbocycles. The average Bonchev–Trinajstić information content (AvgIpc) is 2.64. The van der Waals surface area contributed by atoms with Crippen molar-refractivity contribution < 1.29 is 9.59 Å². The van der Waals surface area contributed by atoms with E-state index in [2.05, 4.69) is 10.6 Å². The molecule has 0 fully saturated rings. The van der Waals surface area contributed by atoms with Crippen LogP contribution >= 0.6 is 0 Å². The Bertz CT molecular complexity index is 746. The largest absolute Gasteiger partial charge is 0.348 e. The van der Waals surface area contributed by atoms with Crippen molar-refractivity contribution in [1.29, 1.82) is 0 Å². The number of para-hydroxylation sites is 1. The van der Waals surface area contributed by atoms with Crippen LogP contribution in [0, 0.1) is 6.92 Å². The second-order valence-electron chi connectivity index (χ2n) is 6.77. The summed E-state index contributed by atoms with van der Waals surface area (Å²) in [6.45, 7) is 7.03. The second kappa shape index (κ2) is 10.5. The second-order valence-corrected chi connectivity index (χ2v) is 6.77. The summed E-state index contributed by atoms with van der Waals surface area (Å²) in [5.74, 6) is -0.190. The number of hydrogen-bond acceptors (Lipinski definition) is 3. The molecule has 0 radical (unpaired) electrons. The number of anilines is 1. The van der Waals surface area contributed by atoms with E-state index in [9.17, 15) is 9.59 Å². The van der Waals surface area contributed by atoms with E-state index in [4.69, 9.17) is 0 Å². The molecule has 2 N–H and O–H groups in total. The predicted molar refractivity (Wildman–Crippen MR) is 110 cm³/mol. The first-order chi connectivity index (χ1) is 13.0. The maximum absolute atomic E-state index is 12.4. The molecule has 0 aliphatic heterocycles. The molecule has 0 saturated heterocycles. The van der Waals surface area contributed by atoms with Crippen molar-refractivity contribution in [3.8, 4) is 0 Å². The first-order valence-electron chi connectivity index (χ1n) is 9.41. The van der Waals surface area contributed by atoms with Crippen LogP contribution in [0.1, 0.15) is 37.4 Å². The fourth-order valence-electron chi connectivity index (χ4n) is 2.95. The number of benzene rings is 2. The number of nitrogens with one attached hydrogen (secondary N) is 2. The zero-order valence-electron chi connectivity index (χ0n) is 16.4. The molecule has 0 heterocycles. The summed E-state index contributed by atoms with van der Waals surface area (Å²) in [6.07, 6.45) is 0.874. The predicted octanol–water partition coefficient (Wildman–Crippen LogP) is 3.52. The molecular formula is C22H29N3O2. The monoisotopic (exact) mass is 367 g/mol. The third-order valence-corrected chi connectivity index (χ3v) is 4.37. The summed E-state index contributed by atoms with van der Waals surface area (Å²) in [6, 6.07) is 17.4. The minimum absolute atomic E-state index is 0.0667. The van der Waals surface area contributed by atoms with Gasteiger partial charge < -0.3 is 10.6 Å². The average molecular weight is 367 g/mol. The van der Waals surface area contributed by atoms with Gasteiger partial charge in [0.2, 0.25) is 11.8 Å². The molecule has 0 aromatic heterocycles. The molecule has 27 heavy (non-hydrogen) atoms. The number of hydrogen-bond donors (Lipinski definition) is 2. The number of amides is 2. The van der Waals surface area contributed by atoms with Crippen LogP contribution in [0.4, 0.5) is 5.69 Å². The lowest BCUT2D eigenvalue weighted by molar-refractivity contribution is -0.124. The SMILES string of the molecule is CCCN(CC(=O)Nc1ccccc1C)CC(=O)N[C@H](C)c1ccccc1. The van der Waals surface area contributed by atoms with Gasteiger partial charge in [0.1, 0.15) is 0 Å². The summed E-state index contributed by atoms with van der Waals surface area (Å²) in [4.78, 5) is 26.7. The quantitative estimate of drug-likeness (QED) is 0.713. The zero-order valence-corrected chi connectivity index (χ0v) is 16.4. The molecule has 5 nitrogen and oxygen atoms in total. The van der Waals surface area contributed by atoms with Crippen molar-refractivity contribution in [2.75, 3.05) is 25.0 Å². The Morgan fingerprint density at radius 2 is 1.59 bits per heavy atom. The van der Waals surface area contributed by atoms with Crippen molar-refractivity contribution in [2.45, 2.75) is 33.2 Å². The van der Waals surface area contributed by atoms with Crippen LogP contribution in [0.5, 0.6) is 0 Å². The third kappa shape index (κ3) is 6.87. The van der Waals surface area contributed by atoms with Crippen molar-refractivity contribution in [3.05, 3.63) is 65.7 Å². The summed E-state index contributed by atoms with van der Waals surface area (Å²) >= 11 is 0. The lowest BCUT2D eigenvalue weighted by atomic mass is 10.1. The smallest absolute Gasteiger partial charge is 0.238 e. The van der Waals surface area contributed by atoms with E-state index in [1.54, 1.807) is 0 Å². The van der Waals surface area contributed by atoms with Crippen molar-refractivity contribution in [2.24, 2.45) is 0 Å². The standard InChI is InChI=1S/C22H29N3O2/c1-4-14-25(16-22(27)24-20-13-9-8-10-17(20)2)15-21(26)23-18(3)19-11-6-5-7-12-19/h5-13,18H,4,14-16H2,1-3H3,(H,23,26)(H,24,27)/t18-/m1/s1. The molecule has 0 unspecified atom stereocenters. The van der Waals surface area contributed by atoms with E-state index < -0.39 is 0 Å². The van der Waals surface area contributed by atoms with E-state index >= 15 is 0 Å². The summed E-state index contributed by atoms with van der Waals surface area (Å²) in [5, 5.41) is 5.93. The molecular weight excluding hydrogens is 338 g/mol. The van der Waals surface area contributed by atoms with Crippen LogP contribution < -0.4 is 10.6 Å². The molecule has 2 amide bonds. The number of nitrogens with zero attached hydrogens (tertiary/aromatic N) is 1. The van der Waals surface area contributed by atoms with Gasteiger partial charge in [-0.05, 0) is 44.0 Å². The fraction of sp³-hybridized carbons (Fsp3) is 0.364. The molecule has 0 spiro atoms. The Hall–Kier alpha value is -2.66. The Labute approximate surface area is 161 Å². The molecule has 0 saturated carbocycles. The van der Waals surface area contributed by atoms with E-state index in [-0.39, 0.29) is 30.9 Å². The van der Waals surface area contributed by atoms with E-state index in [0.29, 0.717) is 6.54 Å². The van der Waals surface area contributed by atoms with Crippen molar-refractivity contribution in [3.63, 3.8) is 0 Å². The Balaban J connectivity index is 1.89. The van der Waals surface area contributed by atoms with Crippen LogP contribution in [0.2, 0.25) is 0 Å². The number of carbonyl (C=O) groups excluding carboxylic acids is 2. The van der Waals surface area contributed by atoms with E-state index in [1.807, 2.05) is 80.3 Å². The molecule has 2 aromatic rings. The van der Waals surface area contributed by atoms with Gasteiger partial charge in [-0.3, -0.25) is 14.5 Å². The molecule has 144 valence electrons. The highest BCUT2D eigenvalue weighted by Gasteiger charge is 2.16. The van der Waals surface area contributed by atoms with Gasteiger partial charge in [-0.1, -0.05) is 55.5 Å². The van der Waals surface area contributed by atoms with Gasteiger partial charge in [-0.15, -0.1) is 0 Å². The molecule has 5 heteroatoms. The van der Waals surface area contributed by atoms with Gasteiger partial charge in [0.05, 0.1) is 19.1 Å². The van der Waals surface area contributed by atoms with Crippen LogP contribution in [-0.4, -0.2) is 36.3 Å². The highest BCUT2D eigenvalue weighted by Crippen LogP contribution is 2.13. The van der Waals surface area contributed by atoms with Gasteiger partial charge in [-0.25, -0.2) is 0 Å². The van der Waals surface area contributed by atoms with Gasteiger partial charge in [0.25, 0.3) is 0 Å². The van der Waals surface area contributed by atoms with Crippen molar-refractivity contribution in [1.82, 2.24) is 10.2 Å². The summed E-state index contributed by atoms with van der Waals surface area (Å²) in [5.41, 5.74) is 2.88. The molecule has 0 aliphatic carbocycles. The lowest BCUT2D eigenvalue weighted by Crippen LogP contribution is -2.42. The minimum Gasteiger partial charge on any atom is -0.348 e. The van der Waals surface area contributed by atoms with Gasteiger partial charge in [-0.2, -0.15) is 0 Å². The first-order valence-corrected chi connectivity index (χ1v) is 9.41. The van der Waals surface area contributed by atoms with Crippen LogP contribution in [0.3, 0.4) is 0 Å². The van der Waals surface area contributed by atoms with Gasteiger partial charge >= 0.3 is 0 Å². The Morgan fingerprint density at radius 1 is 0.963 bits per heavy atom. The first kappa shape index (κ1) is 20.6. The highest BCUT2D eigenvalue weighted by atomic mass is 16.2. The van der Waals surface area contributed by atoms with Crippen LogP contribution in [0.15, 0.2) is 54.6 Å². The molecule has 0 bridgehead atoms. The highest BCUT2D eigenvalue weighted by molar-refractivity contribution is 5.93. The van der Waals surface area contributed by atoms with E-state index in [0.717, 1.165) is 23.2 Å². The molecule has 2 rings (SSSR count). The lowest BCUT2D eigenvalue weighted by Gasteiger charge is -2.22. The van der Waals surface area contributed by atoms with Gasteiger partial charge in [0, 0.05) is 5.69 Å². The third-order valence-electron chi connectivity index (χ3n) is 4.37. The Kier molecular flexibility index (Phi) is 8.01. The summed E-state index contributed by atoms with van der Waals surface area (Å²) in [7, 11) is 0. The fourth-order valence-corrected chi connectivity index (χ4v) is 2.95. The van der Waals surface area contributed by atoms with Crippen LogP contribution in [0.25, 0.3) is 0 Å².